The van der Waals surface area contributed by atoms with Gasteiger partial charge in [-0.1, -0.05) is 37.3 Å². The van der Waals surface area contributed by atoms with Crippen molar-refractivity contribution in [2.75, 3.05) is 0 Å². The maximum absolute atomic E-state index is 12.1. The molecule has 0 saturated heterocycles. The number of ketones is 2. The Labute approximate surface area is 99.8 Å². The number of aliphatic hydroxyl groups is 1. The monoisotopic (exact) mass is 230 g/mol. The van der Waals surface area contributed by atoms with Gasteiger partial charge in [0, 0.05) is 18.4 Å². The summed E-state index contributed by atoms with van der Waals surface area (Å²) >= 11 is 0. The summed E-state index contributed by atoms with van der Waals surface area (Å²) in [4.78, 5) is 23.9. The molecule has 1 N–H and O–H groups in total. The molecule has 1 aromatic carbocycles. The third-order valence-electron chi connectivity index (χ3n) is 2.91. The smallest absolute Gasteiger partial charge is 0.199 e. The number of Topliss-reactive ketones (excluding diaryl/α,β-unsaturated/α-hetero) is 2. The molecule has 1 atom stereocenters. The lowest BCUT2D eigenvalue weighted by Gasteiger charge is -2.19. The Balaban J connectivity index is 2.37. The van der Waals surface area contributed by atoms with Crippen molar-refractivity contribution in [3.8, 4) is 0 Å². The maximum atomic E-state index is 12.1. The van der Waals surface area contributed by atoms with Crippen molar-refractivity contribution in [2.24, 2.45) is 5.92 Å². The van der Waals surface area contributed by atoms with Gasteiger partial charge in [0.25, 0.3) is 0 Å². The van der Waals surface area contributed by atoms with E-state index in [1.54, 1.807) is 30.3 Å². The number of hydrogen-bond donors (Lipinski definition) is 1. The molecule has 0 bridgehead atoms. The van der Waals surface area contributed by atoms with Crippen molar-refractivity contribution in [3.63, 3.8) is 0 Å². The second kappa shape index (κ2) is 4.53. The average Bonchev–Trinajstić information content (AvgIpc) is 2.28. The molecule has 0 aromatic heterocycles. The van der Waals surface area contributed by atoms with E-state index in [1.165, 1.54) is 0 Å². The lowest BCUT2D eigenvalue weighted by Crippen LogP contribution is -2.23. The van der Waals surface area contributed by atoms with Crippen LogP contribution < -0.4 is 0 Å². The Morgan fingerprint density at radius 2 is 1.88 bits per heavy atom. The molecule has 1 aromatic rings. The number of carbonyl (C=O) groups is 2. The van der Waals surface area contributed by atoms with E-state index in [9.17, 15) is 14.7 Å². The number of carbonyl (C=O) groups excluding carboxylic acids is 2. The fraction of sp³-hybridized carbons (Fsp3) is 0.286. The summed E-state index contributed by atoms with van der Waals surface area (Å²) in [6.07, 6.45) is 0.734. The van der Waals surface area contributed by atoms with E-state index < -0.39 is 0 Å². The molecule has 3 heteroatoms. The van der Waals surface area contributed by atoms with E-state index >= 15 is 0 Å². The highest BCUT2D eigenvalue weighted by atomic mass is 16.3. The molecular formula is C14H14O3. The number of hydrogen-bond acceptors (Lipinski definition) is 3. The highest BCUT2D eigenvalue weighted by Crippen LogP contribution is 2.27. The molecule has 0 saturated carbocycles. The molecule has 0 heterocycles. The van der Waals surface area contributed by atoms with Crippen molar-refractivity contribution in [3.05, 3.63) is 47.2 Å². The predicted octanol–water partition coefficient (Wildman–Crippen LogP) is 2.68. The first kappa shape index (κ1) is 11.6. The molecule has 0 aliphatic heterocycles. The summed E-state index contributed by atoms with van der Waals surface area (Å²) < 4.78 is 0. The van der Waals surface area contributed by atoms with Crippen LogP contribution in [-0.2, 0) is 4.79 Å². The average molecular weight is 230 g/mol. The van der Waals surface area contributed by atoms with Crippen LogP contribution in [-0.4, -0.2) is 16.7 Å². The molecular weight excluding hydrogens is 216 g/mol. The van der Waals surface area contributed by atoms with E-state index in [0.717, 1.165) is 0 Å². The van der Waals surface area contributed by atoms with Crippen molar-refractivity contribution in [1.29, 1.82) is 0 Å². The molecule has 2 rings (SSSR count). The number of rotatable bonds is 2. The van der Waals surface area contributed by atoms with E-state index in [4.69, 9.17) is 0 Å². The van der Waals surface area contributed by atoms with Crippen molar-refractivity contribution in [1.82, 2.24) is 0 Å². The molecule has 0 radical (unpaired) electrons. The van der Waals surface area contributed by atoms with Gasteiger partial charge in [0.2, 0.25) is 0 Å². The first-order chi connectivity index (χ1) is 8.09. The third kappa shape index (κ3) is 2.28. The van der Waals surface area contributed by atoms with Crippen LogP contribution in [0.5, 0.6) is 0 Å². The number of benzene rings is 1. The Hall–Kier alpha value is -1.90. The standard InChI is InChI=1S/C14H14O3/c1-9-7-11(15)13(12(16)8-9)14(17)10-5-3-2-4-6-10/h2-6,9,15H,7-8H2,1H3. The van der Waals surface area contributed by atoms with Gasteiger partial charge in [0.1, 0.15) is 11.3 Å². The number of aliphatic hydroxyl groups excluding tert-OH is 1. The molecule has 0 amide bonds. The predicted molar refractivity (Wildman–Crippen MR) is 63.8 cm³/mol. The van der Waals surface area contributed by atoms with Crippen LogP contribution in [0.25, 0.3) is 0 Å². The van der Waals surface area contributed by atoms with Gasteiger partial charge in [-0.2, -0.15) is 0 Å². The van der Waals surface area contributed by atoms with Crippen LogP contribution in [0.2, 0.25) is 0 Å². The first-order valence-electron chi connectivity index (χ1n) is 5.64. The van der Waals surface area contributed by atoms with Gasteiger partial charge in [0.15, 0.2) is 11.6 Å². The minimum atomic E-state index is -0.375. The fourth-order valence-corrected chi connectivity index (χ4v) is 2.08. The molecule has 3 nitrogen and oxygen atoms in total. The molecule has 0 spiro atoms. The number of allylic oxidation sites excluding steroid dienone is 2. The minimum Gasteiger partial charge on any atom is -0.511 e. The van der Waals surface area contributed by atoms with E-state index in [1.807, 2.05) is 6.92 Å². The Bertz CT molecular complexity index is 485. The zero-order valence-corrected chi connectivity index (χ0v) is 9.64. The third-order valence-corrected chi connectivity index (χ3v) is 2.91. The highest BCUT2D eigenvalue weighted by Gasteiger charge is 2.30. The van der Waals surface area contributed by atoms with Gasteiger partial charge in [-0.3, -0.25) is 9.59 Å². The second-order valence-electron chi connectivity index (χ2n) is 4.45. The van der Waals surface area contributed by atoms with Crippen LogP contribution in [0.3, 0.4) is 0 Å². The van der Waals surface area contributed by atoms with Gasteiger partial charge in [-0.05, 0) is 5.92 Å². The van der Waals surface area contributed by atoms with Gasteiger partial charge < -0.3 is 5.11 Å². The Morgan fingerprint density at radius 3 is 2.47 bits per heavy atom. The summed E-state index contributed by atoms with van der Waals surface area (Å²) in [7, 11) is 0. The molecule has 88 valence electrons. The van der Waals surface area contributed by atoms with E-state index in [-0.39, 0.29) is 28.8 Å². The van der Waals surface area contributed by atoms with Crippen LogP contribution in [0.15, 0.2) is 41.7 Å². The summed E-state index contributed by atoms with van der Waals surface area (Å²) in [6, 6.07) is 8.57. The zero-order valence-electron chi connectivity index (χ0n) is 9.64. The van der Waals surface area contributed by atoms with Gasteiger partial charge in [0.05, 0.1) is 0 Å². The molecule has 1 unspecified atom stereocenters. The SMILES string of the molecule is CC1CC(=O)C(C(=O)c2ccccc2)=C(O)C1. The molecule has 1 aliphatic rings. The normalized spacial score (nSPS) is 20.5. The molecule has 1 aliphatic carbocycles. The summed E-state index contributed by atoms with van der Waals surface area (Å²) in [5.74, 6) is -0.590. The van der Waals surface area contributed by atoms with Crippen LogP contribution >= 0.6 is 0 Å². The van der Waals surface area contributed by atoms with Gasteiger partial charge >= 0.3 is 0 Å². The maximum Gasteiger partial charge on any atom is 0.199 e. The van der Waals surface area contributed by atoms with E-state index in [2.05, 4.69) is 0 Å². The summed E-state index contributed by atoms with van der Waals surface area (Å²) in [5, 5.41) is 9.78. The molecule has 0 fully saturated rings. The largest absolute Gasteiger partial charge is 0.511 e. The van der Waals surface area contributed by atoms with E-state index in [0.29, 0.717) is 18.4 Å². The highest BCUT2D eigenvalue weighted by molar-refractivity contribution is 6.26. The van der Waals surface area contributed by atoms with Gasteiger partial charge in [-0.15, -0.1) is 0 Å². The minimum absolute atomic E-state index is 0.0331. The first-order valence-corrected chi connectivity index (χ1v) is 5.64. The van der Waals surface area contributed by atoms with Crippen LogP contribution in [0.4, 0.5) is 0 Å². The Kier molecular flexibility index (Phi) is 3.09. The lowest BCUT2D eigenvalue weighted by atomic mass is 9.85. The summed E-state index contributed by atoms with van der Waals surface area (Å²) in [5.41, 5.74) is 0.409. The van der Waals surface area contributed by atoms with Crippen LogP contribution in [0.1, 0.15) is 30.1 Å². The topological polar surface area (TPSA) is 54.4 Å². The molecule has 17 heavy (non-hydrogen) atoms. The van der Waals surface area contributed by atoms with Crippen molar-refractivity contribution >= 4 is 11.6 Å². The second-order valence-corrected chi connectivity index (χ2v) is 4.45. The zero-order chi connectivity index (χ0) is 12.4. The van der Waals surface area contributed by atoms with Gasteiger partial charge in [-0.25, -0.2) is 0 Å². The van der Waals surface area contributed by atoms with Crippen LogP contribution in [0, 0.1) is 5.92 Å². The summed E-state index contributed by atoms with van der Waals surface area (Å²) in [6.45, 7) is 1.89. The lowest BCUT2D eigenvalue weighted by molar-refractivity contribution is -0.116. The van der Waals surface area contributed by atoms with Crippen molar-refractivity contribution in [2.45, 2.75) is 19.8 Å². The Morgan fingerprint density at radius 1 is 1.24 bits per heavy atom. The quantitative estimate of drug-likeness (QED) is 0.627. The fourth-order valence-electron chi connectivity index (χ4n) is 2.08. The van der Waals surface area contributed by atoms with Crippen molar-refractivity contribution < 1.29 is 14.7 Å².